The van der Waals surface area contributed by atoms with Crippen LogP contribution in [0.15, 0.2) is 35.1 Å². The van der Waals surface area contributed by atoms with Crippen LogP contribution in [0.5, 0.6) is 0 Å². The van der Waals surface area contributed by atoms with Crippen LogP contribution in [0.2, 0.25) is 0 Å². The predicted octanol–water partition coefficient (Wildman–Crippen LogP) is 1.39. The first-order valence-corrected chi connectivity index (χ1v) is 5.69. The molecule has 1 heterocycles. The molecule has 0 atom stereocenters. The van der Waals surface area contributed by atoms with Gasteiger partial charge in [-0.3, -0.25) is 0 Å². The Bertz CT molecular complexity index is 541. The summed E-state index contributed by atoms with van der Waals surface area (Å²) in [5.41, 5.74) is 0.680. The number of para-hydroxylation sites is 1. The zero-order valence-corrected chi connectivity index (χ0v) is 10.1. The van der Waals surface area contributed by atoms with E-state index < -0.39 is 0 Å². The van der Waals surface area contributed by atoms with Crippen molar-refractivity contribution in [3.63, 3.8) is 0 Å². The van der Waals surface area contributed by atoms with Gasteiger partial charge in [-0.1, -0.05) is 25.1 Å². The van der Waals surface area contributed by atoms with E-state index in [0.29, 0.717) is 5.95 Å². The maximum atomic E-state index is 12.0. The van der Waals surface area contributed by atoms with Crippen LogP contribution < -0.4 is 11.0 Å². The first kappa shape index (κ1) is 11.4. The normalized spacial score (nSPS) is 10.5. The van der Waals surface area contributed by atoms with Gasteiger partial charge >= 0.3 is 5.69 Å². The first-order chi connectivity index (χ1) is 8.24. The molecule has 0 amide bonds. The van der Waals surface area contributed by atoms with Crippen molar-refractivity contribution in [3.05, 3.63) is 40.8 Å². The van der Waals surface area contributed by atoms with Gasteiger partial charge in [-0.05, 0) is 18.6 Å². The Morgan fingerprint density at radius 1 is 1.29 bits per heavy atom. The highest BCUT2D eigenvalue weighted by atomic mass is 16.2. The van der Waals surface area contributed by atoms with Crippen molar-refractivity contribution in [2.24, 2.45) is 7.05 Å². The van der Waals surface area contributed by atoms with Crippen molar-refractivity contribution in [2.45, 2.75) is 13.3 Å². The summed E-state index contributed by atoms with van der Waals surface area (Å²) in [5.74, 6) is 0.588. The van der Waals surface area contributed by atoms with Crippen molar-refractivity contribution in [1.29, 1.82) is 0 Å². The molecule has 2 rings (SSSR count). The number of rotatable bonds is 4. The van der Waals surface area contributed by atoms with Gasteiger partial charge in [0, 0.05) is 13.6 Å². The van der Waals surface area contributed by atoms with E-state index in [4.69, 9.17) is 0 Å². The Morgan fingerprint density at radius 3 is 2.65 bits per heavy atom. The summed E-state index contributed by atoms with van der Waals surface area (Å²) in [6, 6.07) is 9.50. The molecular weight excluding hydrogens is 216 g/mol. The molecule has 0 aliphatic carbocycles. The molecule has 0 radical (unpaired) electrons. The summed E-state index contributed by atoms with van der Waals surface area (Å²) in [6.45, 7) is 2.87. The lowest BCUT2D eigenvalue weighted by atomic mass is 10.3. The third-order valence-corrected chi connectivity index (χ3v) is 2.47. The smallest absolute Gasteiger partial charge is 0.351 e. The fraction of sp³-hybridized carbons (Fsp3) is 0.333. The summed E-state index contributed by atoms with van der Waals surface area (Å²) < 4.78 is 2.92. The van der Waals surface area contributed by atoms with Gasteiger partial charge in [0.05, 0.1) is 5.69 Å². The fourth-order valence-electron chi connectivity index (χ4n) is 1.63. The van der Waals surface area contributed by atoms with E-state index >= 15 is 0 Å². The highest BCUT2D eigenvalue weighted by Gasteiger charge is 2.11. The van der Waals surface area contributed by atoms with Crippen LogP contribution in [0, 0.1) is 0 Å². The molecule has 5 nitrogen and oxygen atoms in total. The average molecular weight is 232 g/mol. The molecule has 1 N–H and O–H groups in total. The maximum absolute atomic E-state index is 12.0. The molecule has 0 bridgehead atoms. The molecular formula is C12H16N4O. The third kappa shape index (κ3) is 2.22. The minimum atomic E-state index is -0.144. The number of aromatic nitrogens is 3. The van der Waals surface area contributed by atoms with Crippen molar-refractivity contribution >= 4 is 5.95 Å². The fourth-order valence-corrected chi connectivity index (χ4v) is 1.63. The van der Waals surface area contributed by atoms with E-state index in [-0.39, 0.29) is 5.69 Å². The predicted molar refractivity (Wildman–Crippen MR) is 67.6 cm³/mol. The van der Waals surface area contributed by atoms with Gasteiger partial charge in [0.25, 0.3) is 0 Å². The Kier molecular flexibility index (Phi) is 3.27. The topological polar surface area (TPSA) is 51.9 Å². The second-order valence-corrected chi connectivity index (χ2v) is 3.83. The standard InChI is InChI=1S/C12H16N4O/c1-3-9-13-11-14-15(2)12(17)16(11)10-7-5-4-6-8-10/h4-8H,3,9H2,1-2H3,(H,13,14). The molecule has 5 heteroatoms. The summed E-state index contributed by atoms with van der Waals surface area (Å²) in [5, 5.41) is 7.33. The third-order valence-electron chi connectivity index (χ3n) is 2.47. The van der Waals surface area contributed by atoms with Crippen molar-refractivity contribution in [2.75, 3.05) is 11.9 Å². The molecule has 1 aromatic carbocycles. The molecule has 17 heavy (non-hydrogen) atoms. The van der Waals surface area contributed by atoms with Crippen LogP contribution in [-0.2, 0) is 7.05 Å². The molecule has 1 aromatic heterocycles. The van der Waals surface area contributed by atoms with E-state index in [9.17, 15) is 4.79 Å². The Morgan fingerprint density at radius 2 is 2.00 bits per heavy atom. The van der Waals surface area contributed by atoms with Gasteiger partial charge in [-0.25, -0.2) is 14.0 Å². The molecule has 0 unspecified atom stereocenters. The lowest BCUT2D eigenvalue weighted by Gasteiger charge is -2.06. The zero-order valence-electron chi connectivity index (χ0n) is 10.1. The number of nitrogens with zero attached hydrogens (tertiary/aromatic N) is 3. The molecule has 0 saturated carbocycles. The first-order valence-electron chi connectivity index (χ1n) is 5.69. The Labute approximate surface area is 99.7 Å². The summed E-state index contributed by atoms with van der Waals surface area (Å²) in [6.07, 6.45) is 0.986. The van der Waals surface area contributed by atoms with E-state index in [2.05, 4.69) is 17.3 Å². The quantitative estimate of drug-likeness (QED) is 0.866. The number of hydrogen-bond donors (Lipinski definition) is 1. The maximum Gasteiger partial charge on any atom is 0.351 e. The summed E-state index contributed by atoms with van der Waals surface area (Å²) in [4.78, 5) is 12.0. The lowest BCUT2D eigenvalue weighted by Crippen LogP contribution is -2.22. The molecule has 0 saturated heterocycles. The van der Waals surface area contributed by atoms with E-state index in [0.717, 1.165) is 18.7 Å². The van der Waals surface area contributed by atoms with Crippen molar-refractivity contribution in [1.82, 2.24) is 14.3 Å². The zero-order chi connectivity index (χ0) is 12.3. The van der Waals surface area contributed by atoms with E-state index in [1.54, 1.807) is 11.6 Å². The highest BCUT2D eigenvalue weighted by Crippen LogP contribution is 2.10. The van der Waals surface area contributed by atoms with E-state index in [1.807, 2.05) is 30.3 Å². The summed E-state index contributed by atoms with van der Waals surface area (Å²) in [7, 11) is 1.65. The van der Waals surface area contributed by atoms with Crippen molar-refractivity contribution < 1.29 is 0 Å². The monoisotopic (exact) mass is 232 g/mol. The SMILES string of the molecule is CCCNc1nn(C)c(=O)n1-c1ccccc1. The molecule has 0 fully saturated rings. The second kappa shape index (κ2) is 4.86. The van der Waals surface area contributed by atoms with Gasteiger partial charge in [-0.15, -0.1) is 5.10 Å². The number of benzene rings is 1. The lowest BCUT2D eigenvalue weighted by molar-refractivity contribution is 0.726. The molecule has 0 aliphatic heterocycles. The number of hydrogen-bond acceptors (Lipinski definition) is 3. The Balaban J connectivity index is 2.48. The highest BCUT2D eigenvalue weighted by molar-refractivity contribution is 5.40. The number of nitrogens with one attached hydrogen (secondary N) is 1. The molecule has 90 valence electrons. The van der Waals surface area contributed by atoms with Gasteiger partial charge in [-0.2, -0.15) is 0 Å². The van der Waals surface area contributed by atoms with Crippen LogP contribution in [-0.4, -0.2) is 20.9 Å². The molecule has 0 aliphatic rings. The van der Waals surface area contributed by atoms with Crippen LogP contribution in [0.4, 0.5) is 5.95 Å². The number of anilines is 1. The van der Waals surface area contributed by atoms with Crippen molar-refractivity contribution in [3.8, 4) is 5.69 Å². The molecule has 2 aromatic rings. The van der Waals surface area contributed by atoms with Crippen LogP contribution in [0.25, 0.3) is 5.69 Å². The van der Waals surface area contributed by atoms with Gasteiger partial charge in [0.2, 0.25) is 5.95 Å². The summed E-state index contributed by atoms with van der Waals surface area (Å²) >= 11 is 0. The van der Waals surface area contributed by atoms with Gasteiger partial charge in [0.15, 0.2) is 0 Å². The minimum Gasteiger partial charge on any atom is -0.354 e. The van der Waals surface area contributed by atoms with Crippen LogP contribution >= 0.6 is 0 Å². The second-order valence-electron chi connectivity index (χ2n) is 3.83. The van der Waals surface area contributed by atoms with E-state index in [1.165, 1.54) is 4.68 Å². The Hall–Kier alpha value is -2.04. The average Bonchev–Trinajstić information content (AvgIpc) is 2.64. The molecule has 0 spiro atoms. The largest absolute Gasteiger partial charge is 0.354 e. The van der Waals surface area contributed by atoms with Crippen LogP contribution in [0.1, 0.15) is 13.3 Å². The van der Waals surface area contributed by atoms with Gasteiger partial charge in [0.1, 0.15) is 0 Å². The number of aryl methyl sites for hydroxylation is 1. The van der Waals surface area contributed by atoms with Gasteiger partial charge < -0.3 is 5.32 Å². The minimum absolute atomic E-state index is 0.144. The van der Waals surface area contributed by atoms with Crippen LogP contribution in [0.3, 0.4) is 0 Å².